The average Bonchev–Trinajstić information content (AvgIpc) is 2.41. The van der Waals surface area contributed by atoms with Crippen LogP contribution in [0.2, 0.25) is 0 Å². The van der Waals surface area contributed by atoms with E-state index in [2.05, 4.69) is 5.32 Å². The summed E-state index contributed by atoms with van der Waals surface area (Å²) in [6, 6.07) is 6.07. The van der Waals surface area contributed by atoms with E-state index in [0.29, 0.717) is 0 Å². The number of fused-ring (bicyclic) bond motifs is 1. The molecule has 1 aliphatic rings. The van der Waals surface area contributed by atoms with E-state index in [-0.39, 0.29) is 34.3 Å². The molecule has 1 aromatic rings. The summed E-state index contributed by atoms with van der Waals surface area (Å²) in [5.74, 6) is -0.770. The number of hydrogen-bond donors (Lipinski definition) is 1. The van der Waals surface area contributed by atoms with Crippen LogP contribution in [0.1, 0.15) is 31.1 Å². The summed E-state index contributed by atoms with van der Waals surface area (Å²) >= 11 is 0. The summed E-state index contributed by atoms with van der Waals surface area (Å²) in [7, 11) is -3.79. The zero-order chi connectivity index (χ0) is 15.8. The fourth-order valence-electron chi connectivity index (χ4n) is 2.37. The van der Waals surface area contributed by atoms with Crippen molar-refractivity contribution in [2.75, 3.05) is 6.54 Å². The van der Waals surface area contributed by atoms with Gasteiger partial charge in [0.15, 0.2) is 0 Å². The predicted molar refractivity (Wildman–Crippen MR) is 76.9 cm³/mol. The summed E-state index contributed by atoms with van der Waals surface area (Å²) in [6.07, 6.45) is 0. The minimum atomic E-state index is -3.79. The van der Waals surface area contributed by atoms with Crippen LogP contribution in [0, 0.1) is 0 Å². The lowest BCUT2D eigenvalue weighted by Crippen LogP contribution is -2.41. The molecule has 0 unspecified atom stereocenters. The second kappa shape index (κ2) is 5.33. The number of sulfonamides is 1. The van der Waals surface area contributed by atoms with E-state index in [4.69, 9.17) is 0 Å². The van der Waals surface area contributed by atoms with Crippen LogP contribution in [-0.2, 0) is 14.8 Å². The van der Waals surface area contributed by atoms with Gasteiger partial charge in [-0.15, -0.1) is 0 Å². The molecule has 1 aliphatic heterocycles. The number of amides is 1. The molecule has 1 N–H and O–H groups in total. The summed E-state index contributed by atoms with van der Waals surface area (Å²) in [6.45, 7) is 4.56. The van der Waals surface area contributed by atoms with Crippen LogP contribution in [-0.4, -0.2) is 31.0 Å². The van der Waals surface area contributed by atoms with Crippen LogP contribution in [0.3, 0.4) is 0 Å². The van der Waals surface area contributed by atoms with Crippen molar-refractivity contribution in [1.29, 1.82) is 0 Å². The highest BCUT2D eigenvalue weighted by molar-refractivity contribution is 7.89. The standard InChI is InChI=1S/C14H16N2O4S/c1-4-16-13(9(2)15-10(3)17)14(18)11-7-5-6-8-12(11)21(16,19)20/h5-8H,4H2,1-3H3,(H,15,17)/b13-9-. The third-order valence-corrected chi connectivity index (χ3v) is 5.10. The Labute approximate surface area is 123 Å². The monoisotopic (exact) mass is 308 g/mol. The first-order valence-electron chi connectivity index (χ1n) is 6.45. The highest BCUT2D eigenvalue weighted by atomic mass is 32.2. The Kier molecular flexibility index (Phi) is 3.87. The Hall–Kier alpha value is -2.15. The Morgan fingerprint density at radius 1 is 1.24 bits per heavy atom. The summed E-state index contributed by atoms with van der Waals surface area (Å²) in [4.78, 5) is 23.8. The van der Waals surface area contributed by atoms with Crippen LogP contribution in [0.5, 0.6) is 0 Å². The smallest absolute Gasteiger partial charge is 0.265 e. The third-order valence-electron chi connectivity index (χ3n) is 3.17. The first-order valence-corrected chi connectivity index (χ1v) is 7.89. The van der Waals surface area contributed by atoms with E-state index >= 15 is 0 Å². The van der Waals surface area contributed by atoms with Gasteiger partial charge in [0.25, 0.3) is 10.0 Å². The topological polar surface area (TPSA) is 83.6 Å². The minimum Gasteiger partial charge on any atom is -0.328 e. The van der Waals surface area contributed by atoms with Crippen molar-refractivity contribution in [1.82, 2.24) is 9.62 Å². The number of likely N-dealkylation sites (N-methyl/N-ethyl adjacent to an activating group) is 1. The maximum absolute atomic E-state index is 12.6. The number of nitrogens with one attached hydrogen (secondary N) is 1. The molecule has 0 saturated heterocycles. The lowest BCUT2D eigenvalue weighted by molar-refractivity contribution is -0.118. The normalized spacial score (nSPS) is 19.0. The molecule has 0 spiro atoms. The number of benzene rings is 1. The van der Waals surface area contributed by atoms with E-state index in [1.54, 1.807) is 19.1 Å². The largest absolute Gasteiger partial charge is 0.328 e. The van der Waals surface area contributed by atoms with Gasteiger partial charge in [-0.1, -0.05) is 12.1 Å². The van der Waals surface area contributed by atoms with Gasteiger partial charge in [0.1, 0.15) is 5.70 Å². The SMILES string of the molecule is CCN1/C(=C(/C)NC(C)=O)C(=O)c2ccccc2S1(=O)=O. The van der Waals surface area contributed by atoms with Gasteiger partial charge in [0.2, 0.25) is 11.7 Å². The van der Waals surface area contributed by atoms with E-state index in [9.17, 15) is 18.0 Å². The fourth-order valence-corrected chi connectivity index (χ4v) is 4.09. The zero-order valence-electron chi connectivity index (χ0n) is 12.0. The van der Waals surface area contributed by atoms with Gasteiger partial charge < -0.3 is 5.32 Å². The number of Topliss-reactive ketones (excluding diaryl/α,β-unsaturated/α-hetero) is 1. The van der Waals surface area contributed by atoms with Crippen LogP contribution < -0.4 is 5.32 Å². The molecule has 0 aliphatic carbocycles. The van der Waals surface area contributed by atoms with E-state index in [1.165, 1.54) is 26.0 Å². The molecule has 7 heteroatoms. The molecule has 112 valence electrons. The molecule has 2 rings (SSSR count). The molecule has 6 nitrogen and oxygen atoms in total. The van der Waals surface area contributed by atoms with E-state index in [1.807, 2.05) is 0 Å². The maximum Gasteiger partial charge on any atom is 0.265 e. The van der Waals surface area contributed by atoms with Gasteiger partial charge in [-0.25, -0.2) is 8.42 Å². The van der Waals surface area contributed by atoms with Crippen molar-refractivity contribution in [3.05, 3.63) is 41.2 Å². The predicted octanol–water partition coefficient (Wildman–Crippen LogP) is 1.26. The van der Waals surface area contributed by atoms with Gasteiger partial charge >= 0.3 is 0 Å². The molecule has 21 heavy (non-hydrogen) atoms. The summed E-state index contributed by atoms with van der Waals surface area (Å²) in [5.41, 5.74) is 0.348. The first kappa shape index (κ1) is 15.2. The number of allylic oxidation sites excluding steroid dienone is 2. The highest BCUT2D eigenvalue weighted by Crippen LogP contribution is 2.32. The van der Waals surface area contributed by atoms with Gasteiger partial charge in [0.05, 0.1) is 4.90 Å². The lowest BCUT2D eigenvalue weighted by atomic mass is 10.1. The molecule has 0 bridgehead atoms. The molecule has 0 saturated carbocycles. The van der Waals surface area contributed by atoms with Crippen LogP contribution in [0.4, 0.5) is 0 Å². The number of hydrogen-bond acceptors (Lipinski definition) is 4. The molecule has 1 heterocycles. The average molecular weight is 308 g/mol. The second-order valence-electron chi connectivity index (χ2n) is 4.65. The summed E-state index contributed by atoms with van der Waals surface area (Å²) in [5, 5.41) is 2.49. The van der Waals surface area contributed by atoms with Crippen molar-refractivity contribution < 1.29 is 18.0 Å². The molecule has 1 amide bonds. The fraction of sp³-hybridized carbons (Fsp3) is 0.286. The number of nitrogens with zero attached hydrogens (tertiary/aromatic N) is 1. The van der Waals surface area contributed by atoms with Crippen molar-refractivity contribution >= 4 is 21.7 Å². The quantitative estimate of drug-likeness (QED) is 0.834. The molecule has 1 aromatic carbocycles. The van der Waals surface area contributed by atoms with Crippen LogP contribution >= 0.6 is 0 Å². The van der Waals surface area contributed by atoms with Gasteiger partial charge in [-0.2, -0.15) is 0 Å². The van der Waals surface area contributed by atoms with Crippen molar-refractivity contribution in [2.45, 2.75) is 25.7 Å². The van der Waals surface area contributed by atoms with E-state index < -0.39 is 15.8 Å². The van der Waals surface area contributed by atoms with E-state index in [0.717, 1.165) is 4.31 Å². The molecule has 0 atom stereocenters. The van der Waals surface area contributed by atoms with Gasteiger partial charge in [-0.3, -0.25) is 13.9 Å². The molecular formula is C14H16N2O4S. The summed E-state index contributed by atoms with van der Waals surface area (Å²) < 4.78 is 26.2. The maximum atomic E-state index is 12.6. The molecular weight excluding hydrogens is 292 g/mol. The number of rotatable bonds is 2. The third kappa shape index (κ3) is 2.44. The molecule has 0 fully saturated rings. The van der Waals surface area contributed by atoms with Crippen LogP contribution in [0.15, 0.2) is 40.6 Å². The number of ketones is 1. The Balaban J connectivity index is 2.75. The van der Waals surface area contributed by atoms with Crippen molar-refractivity contribution in [3.8, 4) is 0 Å². The second-order valence-corrected chi connectivity index (χ2v) is 6.48. The lowest BCUT2D eigenvalue weighted by Gasteiger charge is -2.31. The van der Waals surface area contributed by atoms with Crippen molar-refractivity contribution in [3.63, 3.8) is 0 Å². The Bertz CT molecular complexity index is 750. The van der Waals surface area contributed by atoms with Gasteiger partial charge in [-0.05, 0) is 26.0 Å². The van der Waals surface area contributed by atoms with Gasteiger partial charge in [0, 0.05) is 24.7 Å². The number of carbonyl (C=O) groups excluding carboxylic acids is 2. The zero-order valence-corrected chi connectivity index (χ0v) is 12.8. The van der Waals surface area contributed by atoms with Crippen LogP contribution in [0.25, 0.3) is 0 Å². The Morgan fingerprint density at radius 2 is 1.86 bits per heavy atom. The Morgan fingerprint density at radius 3 is 2.43 bits per heavy atom. The highest BCUT2D eigenvalue weighted by Gasteiger charge is 2.39. The minimum absolute atomic E-state index is 0.00350. The molecule has 0 aromatic heterocycles. The first-order chi connectivity index (χ1) is 9.80. The number of carbonyl (C=O) groups is 2. The molecule has 0 radical (unpaired) electrons. The van der Waals surface area contributed by atoms with Crippen molar-refractivity contribution in [2.24, 2.45) is 0 Å².